The van der Waals surface area contributed by atoms with E-state index in [1.54, 1.807) is 43.8 Å². The van der Waals surface area contributed by atoms with Gasteiger partial charge in [0.15, 0.2) is 40.3 Å². The molecule has 1 aromatic heterocycles. The molecule has 256 valence electrons. The summed E-state index contributed by atoms with van der Waals surface area (Å²) in [6.45, 7) is 1.12. The first-order valence-electron chi connectivity index (χ1n) is 16.0. The number of ketones is 1. The van der Waals surface area contributed by atoms with E-state index < -0.39 is 0 Å². The second-order valence-corrected chi connectivity index (χ2v) is 12.0. The van der Waals surface area contributed by atoms with Crippen LogP contribution < -0.4 is 33.2 Å². The largest absolute Gasteiger partial charge is 0.493 e. The Kier molecular flexibility index (Phi) is 12.4. The number of hydrogen-bond donors (Lipinski definition) is 0. The molecule has 0 aliphatic heterocycles. The highest BCUT2D eigenvalue weighted by Crippen LogP contribution is 2.39. The van der Waals surface area contributed by atoms with Crippen molar-refractivity contribution in [2.24, 2.45) is 0 Å². The number of rotatable bonds is 18. The molecule has 0 aliphatic rings. The minimum atomic E-state index is -0.208. The summed E-state index contributed by atoms with van der Waals surface area (Å²) in [4.78, 5) is 17.8. The van der Waals surface area contributed by atoms with Crippen LogP contribution in [0.4, 0.5) is 0 Å². The summed E-state index contributed by atoms with van der Waals surface area (Å²) >= 11 is 1.66. The Hall–Kier alpha value is -5.22. The Morgan fingerprint density at radius 3 is 1.88 bits per heavy atom. The molecule has 0 unspecified atom stereocenters. The molecular formula is C39H41NO8S. The summed E-state index contributed by atoms with van der Waals surface area (Å²) in [7, 11) is 7.80. The zero-order chi connectivity index (χ0) is 34.6. The van der Waals surface area contributed by atoms with Gasteiger partial charge in [-0.05, 0) is 91.9 Å². The minimum absolute atomic E-state index is 0.208. The number of nitrogens with zero attached hydrogens (tertiary/aromatic N) is 1. The Labute approximate surface area is 291 Å². The van der Waals surface area contributed by atoms with Crippen LogP contribution >= 0.6 is 11.3 Å². The summed E-state index contributed by atoms with van der Waals surface area (Å²) in [5.74, 6) is 3.72. The van der Waals surface area contributed by atoms with Crippen LogP contribution in [0.3, 0.4) is 0 Å². The van der Waals surface area contributed by atoms with Crippen molar-refractivity contribution in [2.45, 2.75) is 25.7 Å². The number of unbranched alkanes of at least 4 members (excludes halogenated alkanes) is 3. The van der Waals surface area contributed by atoms with Gasteiger partial charge in [0.05, 0.1) is 59.0 Å². The third kappa shape index (κ3) is 8.83. The van der Waals surface area contributed by atoms with Gasteiger partial charge in [-0.3, -0.25) is 4.79 Å². The van der Waals surface area contributed by atoms with E-state index in [1.165, 1.54) is 27.4 Å². The molecule has 0 N–H and O–H groups in total. The quantitative estimate of drug-likeness (QED) is 0.0510. The van der Waals surface area contributed by atoms with Gasteiger partial charge in [-0.15, -0.1) is 11.3 Å². The molecule has 49 heavy (non-hydrogen) atoms. The van der Waals surface area contributed by atoms with Crippen molar-refractivity contribution >= 4 is 33.4 Å². The number of ether oxygens (including phenoxy) is 7. The molecule has 9 nitrogen and oxygen atoms in total. The number of fused-ring (bicyclic) bond motifs is 1. The van der Waals surface area contributed by atoms with Crippen LogP contribution in [0, 0.1) is 0 Å². The Morgan fingerprint density at radius 1 is 0.653 bits per heavy atom. The fraction of sp³-hybridized carbons (Fsp3) is 0.282. The van der Waals surface area contributed by atoms with Gasteiger partial charge < -0.3 is 33.2 Å². The second-order valence-electron chi connectivity index (χ2n) is 11.0. The Morgan fingerprint density at radius 2 is 1.27 bits per heavy atom. The Bertz CT molecular complexity index is 1840. The van der Waals surface area contributed by atoms with E-state index in [1.807, 2.05) is 54.6 Å². The van der Waals surface area contributed by atoms with E-state index >= 15 is 0 Å². The smallest absolute Gasteiger partial charge is 0.203 e. The maximum atomic E-state index is 13.0. The van der Waals surface area contributed by atoms with Gasteiger partial charge in [-0.1, -0.05) is 24.3 Å². The molecule has 0 atom stereocenters. The topological polar surface area (TPSA) is 94.6 Å². The molecule has 0 fully saturated rings. The SMILES string of the molecule is COc1ccc(/C=C/C(=O)c2cc(OC)c(OC)c(OC)c2)cc1OCCCCCCOc1cc(-c2nc3ccccc3s2)ccc1OC. The molecule has 0 spiro atoms. The van der Waals surface area contributed by atoms with Crippen LogP contribution in [-0.4, -0.2) is 59.5 Å². The summed E-state index contributed by atoms with van der Waals surface area (Å²) in [6.07, 6.45) is 6.99. The lowest BCUT2D eigenvalue weighted by Gasteiger charge is -2.13. The van der Waals surface area contributed by atoms with E-state index in [4.69, 9.17) is 38.1 Å². The maximum Gasteiger partial charge on any atom is 0.203 e. The molecule has 5 aromatic rings. The minimum Gasteiger partial charge on any atom is -0.493 e. The molecule has 5 rings (SSSR count). The molecular weight excluding hydrogens is 642 g/mol. The lowest BCUT2D eigenvalue weighted by atomic mass is 10.1. The number of carbonyl (C=O) groups is 1. The molecule has 0 radical (unpaired) electrons. The Balaban J connectivity index is 1.09. The number of methoxy groups -OCH3 is 5. The van der Waals surface area contributed by atoms with Gasteiger partial charge in [-0.2, -0.15) is 0 Å². The second kappa shape index (κ2) is 17.3. The summed E-state index contributed by atoms with van der Waals surface area (Å²) < 4.78 is 40.5. The van der Waals surface area contributed by atoms with Gasteiger partial charge in [-0.25, -0.2) is 4.98 Å². The van der Waals surface area contributed by atoms with Crippen LogP contribution in [0.25, 0.3) is 26.9 Å². The first-order valence-corrected chi connectivity index (χ1v) is 16.8. The highest BCUT2D eigenvalue weighted by molar-refractivity contribution is 7.21. The first-order chi connectivity index (χ1) is 24.0. The van der Waals surface area contributed by atoms with Crippen molar-refractivity contribution in [1.82, 2.24) is 4.98 Å². The normalized spacial score (nSPS) is 11.0. The van der Waals surface area contributed by atoms with Gasteiger partial charge in [0, 0.05) is 11.1 Å². The van der Waals surface area contributed by atoms with Crippen molar-refractivity contribution in [3.05, 3.63) is 90.0 Å². The molecule has 0 aliphatic carbocycles. The molecule has 0 amide bonds. The summed E-state index contributed by atoms with van der Waals surface area (Å²) in [6, 6.07) is 22.9. The van der Waals surface area contributed by atoms with Crippen molar-refractivity contribution in [3.8, 4) is 50.8 Å². The number of aromatic nitrogens is 1. The maximum absolute atomic E-state index is 13.0. The highest BCUT2D eigenvalue weighted by Gasteiger charge is 2.16. The first kappa shape index (κ1) is 35.1. The average molecular weight is 684 g/mol. The van der Waals surface area contributed by atoms with Crippen LogP contribution in [-0.2, 0) is 0 Å². The van der Waals surface area contributed by atoms with Crippen molar-refractivity contribution in [3.63, 3.8) is 0 Å². The molecule has 0 bridgehead atoms. The number of hydrogen-bond acceptors (Lipinski definition) is 10. The lowest BCUT2D eigenvalue weighted by Crippen LogP contribution is -2.02. The van der Waals surface area contributed by atoms with E-state index in [0.717, 1.165) is 52.0 Å². The number of benzene rings is 4. The van der Waals surface area contributed by atoms with Gasteiger partial charge in [0.25, 0.3) is 0 Å². The van der Waals surface area contributed by atoms with Crippen LogP contribution in [0.5, 0.6) is 40.2 Å². The van der Waals surface area contributed by atoms with E-state index in [0.29, 0.717) is 59.0 Å². The summed E-state index contributed by atoms with van der Waals surface area (Å²) in [5.41, 5.74) is 3.22. The molecule has 4 aromatic carbocycles. The zero-order valence-electron chi connectivity index (χ0n) is 28.4. The number of allylic oxidation sites excluding steroid dienone is 1. The van der Waals surface area contributed by atoms with E-state index in [9.17, 15) is 4.79 Å². The highest BCUT2D eigenvalue weighted by atomic mass is 32.1. The van der Waals surface area contributed by atoms with Crippen molar-refractivity contribution in [2.75, 3.05) is 48.8 Å². The number of para-hydroxylation sites is 1. The fourth-order valence-electron chi connectivity index (χ4n) is 5.24. The zero-order valence-corrected chi connectivity index (χ0v) is 29.3. The molecule has 1 heterocycles. The number of carbonyl (C=O) groups excluding carboxylic acids is 1. The van der Waals surface area contributed by atoms with Crippen molar-refractivity contribution in [1.29, 1.82) is 0 Å². The number of thiazole rings is 1. The van der Waals surface area contributed by atoms with E-state index in [2.05, 4.69) is 6.07 Å². The third-order valence-corrected chi connectivity index (χ3v) is 8.91. The van der Waals surface area contributed by atoms with Crippen LogP contribution in [0.2, 0.25) is 0 Å². The monoisotopic (exact) mass is 683 g/mol. The summed E-state index contributed by atoms with van der Waals surface area (Å²) in [5, 5.41) is 0.955. The van der Waals surface area contributed by atoms with Gasteiger partial charge >= 0.3 is 0 Å². The standard InChI is InChI=1S/C39H41NO8S/c1-42-31-18-15-26(14-17-30(41)28-24-35(44-3)38(46-5)36(25-28)45-4)22-33(31)47-20-10-6-7-11-21-48-34-23-27(16-19-32(34)43-2)39-40-29-12-8-9-13-37(29)49-39/h8-9,12-19,22-25H,6-7,10-11,20-21H2,1-5H3/b17-14+. The molecule has 0 saturated carbocycles. The average Bonchev–Trinajstić information content (AvgIpc) is 3.58. The molecule has 0 saturated heterocycles. The van der Waals surface area contributed by atoms with E-state index in [-0.39, 0.29) is 5.78 Å². The van der Waals surface area contributed by atoms with Crippen LogP contribution in [0.1, 0.15) is 41.6 Å². The van der Waals surface area contributed by atoms with Gasteiger partial charge in [0.1, 0.15) is 5.01 Å². The van der Waals surface area contributed by atoms with Gasteiger partial charge in [0.2, 0.25) is 5.75 Å². The van der Waals surface area contributed by atoms with Crippen LogP contribution in [0.15, 0.2) is 78.9 Å². The van der Waals surface area contributed by atoms with Crippen molar-refractivity contribution < 1.29 is 38.0 Å². The fourth-order valence-corrected chi connectivity index (χ4v) is 6.20. The predicted octanol–water partition coefficient (Wildman–Crippen LogP) is 8.92. The third-order valence-electron chi connectivity index (χ3n) is 7.82. The lowest BCUT2D eigenvalue weighted by molar-refractivity contribution is 0.104. The predicted molar refractivity (Wildman–Crippen MR) is 194 cm³/mol. The molecule has 10 heteroatoms.